The zero-order chi connectivity index (χ0) is 18.3. The van der Waals surface area contributed by atoms with Crippen molar-refractivity contribution in [3.05, 3.63) is 65.7 Å². The summed E-state index contributed by atoms with van der Waals surface area (Å²) in [5, 5.41) is 0. The van der Waals surface area contributed by atoms with Crippen molar-refractivity contribution in [2.24, 2.45) is 5.41 Å². The summed E-state index contributed by atoms with van der Waals surface area (Å²) < 4.78 is 10.8. The van der Waals surface area contributed by atoms with Crippen molar-refractivity contribution < 1.29 is 19.1 Å². The summed E-state index contributed by atoms with van der Waals surface area (Å²) in [7, 11) is 0. The maximum absolute atomic E-state index is 12.3. The Kier molecular flexibility index (Phi) is 6.34. The zero-order valence-corrected chi connectivity index (χ0v) is 15.0. The summed E-state index contributed by atoms with van der Waals surface area (Å²) in [4.78, 5) is 24.2. The number of esters is 1. The Balaban J connectivity index is 1.83. The molecular formula is C21H24O4. The summed E-state index contributed by atoms with van der Waals surface area (Å²) in [5.41, 5.74) is 0.788. The molecule has 0 saturated carbocycles. The molecule has 0 aromatic heterocycles. The first kappa shape index (κ1) is 18.7. The van der Waals surface area contributed by atoms with Crippen molar-refractivity contribution in [2.75, 3.05) is 13.2 Å². The summed E-state index contributed by atoms with van der Waals surface area (Å²) in [6.45, 7) is 6.15. The second kappa shape index (κ2) is 8.47. The molecule has 0 N–H and O–H groups in total. The minimum absolute atomic E-state index is 0.0251. The van der Waals surface area contributed by atoms with Crippen LogP contribution in [0.5, 0.6) is 5.75 Å². The maximum atomic E-state index is 12.3. The SMILES string of the molecule is CCC(C)(C)C(=O)OCCOc1ccc(C(=O)c2ccccc2)cc1. The highest BCUT2D eigenvalue weighted by Gasteiger charge is 2.26. The van der Waals surface area contributed by atoms with Gasteiger partial charge in [0.2, 0.25) is 0 Å². The van der Waals surface area contributed by atoms with E-state index in [1.165, 1.54) is 0 Å². The highest BCUT2D eigenvalue weighted by Crippen LogP contribution is 2.21. The van der Waals surface area contributed by atoms with Crippen LogP contribution < -0.4 is 4.74 Å². The molecule has 4 nitrogen and oxygen atoms in total. The summed E-state index contributed by atoms with van der Waals surface area (Å²) in [6, 6.07) is 16.1. The number of ketones is 1. The number of benzene rings is 2. The summed E-state index contributed by atoms with van der Waals surface area (Å²) in [6.07, 6.45) is 0.726. The molecule has 0 fully saturated rings. The van der Waals surface area contributed by atoms with E-state index in [0.717, 1.165) is 6.42 Å². The smallest absolute Gasteiger partial charge is 0.311 e. The Hall–Kier alpha value is -2.62. The van der Waals surface area contributed by atoms with Crippen LogP contribution in [0.2, 0.25) is 0 Å². The van der Waals surface area contributed by atoms with Crippen molar-refractivity contribution in [2.45, 2.75) is 27.2 Å². The third kappa shape index (κ3) is 5.18. The maximum Gasteiger partial charge on any atom is 0.311 e. The van der Waals surface area contributed by atoms with Crippen LogP contribution in [0.15, 0.2) is 54.6 Å². The highest BCUT2D eigenvalue weighted by atomic mass is 16.6. The Labute approximate surface area is 148 Å². The number of carbonyl (C=O) groups excluding carboxylic acids is 2. The van der Waals surface area contributed by atoms with Gasteiger partial charge in [-0.15, -0.1) is 0 Å². The molecule has 0 spiro atoms. The first-order valence-electron chi connectivity index (χ1n) is 8.44. The van der Waals surface area contributed by atoms with Crippen LogP contribution in [0, 0.1) is 5.41 Å². The molecule has 0 aliphatic rings. The van der Waals surface area contributed by atoms with E-state index in [1.54, 1.807) is 36.4 Å². The average molecular weight is 340 g/mol. The van der Waals surface area contributed by atoms with E-state index < -0.39 is 5.41 Å². The fourth-order valence-corrected chi connectivity index (χ4v) is 2.09. The van der Waals surface area contributed by atoms with Crippen LogP contribution in [0.1, 0.15) is 43.1 Å². The molecule has 132 valence electrons. The number of carbonyl (C=O) groups is 2. The molecule has 0 aliphatic heterocycles. The molecule has 0 atom stereocenters. The molecule has 25 heavy (non-hydrogen) atoms. The molecule has 0 saturated heterocycles. The van der Waals surface area contributed by atoms with Gasteiger partial charge in [0.1, 0.15) is 19.0 Å². The van der Waals surface area contributed by atoms with Crippen LogP contribution in [0.4, 0.5) is 0 Å². The molecule has 0 amide bonds. The predicted octanol–water partition coefficient (Wildman–Crippen LogP) is 4.28. The van der Waals surface area contributed by atoms with Crippen LogP contribution in [-0.2, 0) is 9.53 Å². The summed E-state index contributed by atoms with van der Waals surface area (Å²) >= 11 is 0. The predicted molar refractivity (Wildman–Crippen MR) is 96.8 cm³/mol. The molecule has 0 aliphatic carbocycles. The average Bonchev–Trinajstić information content (AvgIpc) is 2.65. The lowest BCUT2D eigenvalue weighted by molar-refractivity contribution is -0.154. The third-order valence-corrected chi connectivity index (χ3v) is 4.17. The first-order chi connectivity index (χ1) is 11.9. The van der Waals surface area contributed by atoms with E-state index >= 15 is 0 Å². The minimum Gasteiger partial charge on any atom is -0.490 e. The van der Waals surface area contributed by atoms with E-state index in [0.29, 0.717) is 16.9 Å². The molecule has 0 unspecified atom stereocenters. The molecule has 2 rings (SSSR count). The van der Waals surface area contributed by atoms with Gasteiger partial charge in [-0.1, -0.05) is 37.3 Å². The Morgan fingerprint density at radius 3 is 2.08 bits per heavy atom. The van der Waals surface area contributed by atoms with Crippen LogP contribution in [0.3, 0.4) is 0 Å². The third-order valence-electron chi connectivity index (χ3n) is 4.17. The number of hydrogen-bond acceptors (Lipinski definition) is 4. The molecule has 2 aromatic rings. The lowest BCUT2D eigenvalue weighted by atomic mass is 9.91. The minimum atomic E-state index is -0.473. The fourth-order valence-electron chi connectivity index (χ4n) is 2.09. The van der Waals surface area contributed by atoms with Crippen LogP contribution in [0.25, 0.3) is 0 Å². The molecule has 0 heterocycles. The van der Waals surface area contributed by atoms with Crippen molar-refractivity contribution in [1.29, 1.82) is 0 Å². The van der Waals surface area contributed by atoms with Gasteiger partial charge >= 0.3 is 5.97 Å². The highest BCUT2D eigenvalue weighted by molar-refractivity contribution is 6.08. The molecular weight excluding hydrogens is 316 g/mol. The second-order valence-corrected chi connectivity index (χ2v) is 6.44. The monoisotopic (exact) mass is 340 g/mol. The van der Waals surface area contributed by atoms with Crippen molar-refractivity contribution in [3.63, 3.8) is 0 Å². The van der Waals surface area contributed by atoms with Crippen LogP contribution >= 0.6 is 0 Å². The number of ether oxygens (including phenoxy) is 2. The van der Waals surface area contributed by atoms with Crippen molar-refractivity contribution in [3.8, 4) is 5.75 Å². The van der Waals surface area contributed by atoms with Crippen molar-refractivity contribution in [1.82, 2.24) is 0 Å². The van der Waals surface area contributed by atoms with Gasteiger partial charge in [-0.3, -0.25) is 9.59 Å². The van der Waals surface area contributed by atoms with E-state index in [4.69, 9.17) is 9.47 Å². The molecule has 0 bridgehead atoms. The normalized spacial score (nSPS) is 11.0. The second-order valence-electron chi connectivity index (χ2n) is 6.44. The molecule has 4 heteroatoms. The Morgan fingerprint density at radius 1 is 0.880 bits per heavy atom. The van der Waals surface area contributed by atoms with E-state index in [-0.39, 0.29) is 25.0 Å². The van der Waals surface area contributed by atoms with Gasteiger partial charge in [-0.05, 0) is 44.5 Å². The Morgan fingerprint density at radius 2 is 1.48 bits per heavy atom. The van der Waals surface area contributed by atoms with E-state index in [9.17, 15) is 9.59 Å². The van der Waals surface area contributed by atoms with E-state index in [1.807, 2.05) is 39.0 Å². The standard InChI is InChI=1S/C21H24O4/c1-4-21(2,3)20(23)25-15-14-24-18-12-10-17(11-13-18)19(22)16-8-6-5-7-9-16/h5-13H,4,14-15H2,1-3H3. The van der Waals surface area contributed by atoms with Gasteiger partial charge in [0.05, 0.1) is 5.41 Å². The van der Waals surface area contributed by atoms with Gasteiger partial charge < -0.3 is 9.47 Å². The zero-order valence-electron chi connectivity index (χ0n) is 15.0. The quantitative estimate of drug-likeness (QED) is 0.409. The number of rotatable bonds is 8. The topological polar surface area (TPSA) is 52.6 Å². The fraction of sp³-hybridized carbons (Fsp3) is 0.333. The largest absolute Gasteiger partial charge is 0.490 e. The van der Waals surface area contributed by atoms with Gasteiger partial charge in [0, 0.05) is 11.1 Å². The van der Waals surface area contributed by atoms with Gasteiger partial charge in [-0.2, -0.15) is 0 Å². The number of hydrogen-bond donors (Lipinski definition) is 0. The van der Waals surface area contributed by atoms with E-state index in [2.05, 4.69) is 0 Å². The van der Waals surface area contributed by atoms with Gasteiger partial charge in [0.15, 0.2) is 5.78 Å². The van der Waals surface area contributed by atoms with Crippen LogP contribution in [-0.4, -0.2) is 25.0 Å². The Bertz CT molecular complexity index is 702. The lowest BCUT2D eigenvalue weighted by Gasteiger charge is -2.20. The van der Waals surface area contributed by atoms with Gasteiger partial charge in [0.25, 0.3) is 0 Å². The van der Waals surface area contributed by atoms with Gasteiger partial charge in [-0.25, -0.2) is 0 Å². The van der Waals surface area contributed by atoms with Crippen molar-refractivity contribution >= 4 is 11.8 Å². The lowest BCUT2D eigenvalue weighted by Crippen LogP contribution is -2.27. The molecule has 2 aromatic carbocycles. The molecule has 0 radical (unpaired) electrons. The summed E-state index contributed by atoms with van der Waals surface area (Å²) in [5.74, 6) is 0.390. The first-order valence-corrected chi connectivity index (χ1v) is 8.44.